The van der Waals surface area contributed by atoms with Gasteiger partial charge in [-0.25, -0.2) is 0 Å². The largest absolute Gasteiger partial charge is 0.469 e. The van der Waals surface area contributed by atoms with Crippen molar-refractivity contribution in [3.05, 3.63) is 59.5 Å². The second-order valence-electron chi connectivity index (χ2n) is 7.75. The zero-order chi connectivity index (χ0) is 20.4. The van der Waals surface area contributed by atoms with Gasteiger partial charge in [0.1, 0.15) is 5.76 Å². The zero-order valence-electron chi connectivity index (χ0n) is 17.4. The zero-order valence-corrected chi connectivity index (χ0v) is 17.4. The molecule has 1 unspecified atom stereocenters. The highest BCUT2D eigenvalue weighted by atomic mass is 16.5. The van der Waals surface area contributed by atoms with E-state index >= 15 is 0 Å². The van der Waals surface area contributed by atoms with Crippen LogP contribution in [0.4, 0.5) is 0 Å². The second-order valence-corrected chi connectivity index (χ2v) is 7.75. The van der Waals surface area contributed by atoms with Crippen LogP contribution in [-0.4, -0.2) is 44.4 Å². The molecule has 2 rings (SSSR count). The first kappa shape index (κ1) is 22.0. The fraction of sp³-hybridized carbons (Fsp3) is 0.500. The van der Waals surface area contributed by atoms with Crippen molar-refractivity contribution >= 4 is 5.96 Å². The first-order chi connectivity index (χ1) is 13.4. The Balaban J connectivity index is 1.92. The van der Waals surface area contributed by atoms with Crippen LogP contribution in [-0.2, 0) is 16.6 Å². The minimum Gasteiger partial charge on any atom is -0.469 e. The summed E-state index contributed by atoms with van der Waals surface area (Å²) in [7, 11) is 1.66. The lowest BCUT2D eigenvalue weighted by atomic mass is 9.86. The van der Waals surface area contributed by atoms with Gasteiger partial charge in [-0.1, -0.05) is 45.0 Å². The molecule has 0 aliphatic heterocycles. The molecule has 6 heteroatoms. The number of guanidine groups is 1. The lowest BCUT2D eigenvalue weighted by Gasteiger charge is -2.20. The minimum absolute atomic E-state index is 0.0952. The molecule has 154 valence electrons. The maximum Gasteiger partial charge on any atom is 0.191 e. The predicted molar refractivity (Wildman–Crippen MR) is 113 cm³/mol. The molecule has 0 radical (unpaired) electrons. The Morgan fingerprint density at radius 3 is 2.46 bits per heavy atom. The number of aliphatic imine (C=N–C) groups is 1. The fourth-order valence-electron chi connectivity index (χ4n) is 2.69. The molecule has 0 bridgehead atoms. The van der Waals surface area contributed by atoms with Gasteiger partial charge in [0.05, 0.1) is 25.5 Å². The van der Waals surface area contributed by atoms with Crippen LogP contribution in [0.3, 0.4) is 0 Å². The molecule has 1 aromatic carbocycles. The van der Waals surface area contributed by atoms with E-state index in [1.54, 1.807) is 13.4 Å². The Bertz CT molecular complexity index is 704. The predicted octanol–water partition coefficient (Wildman–Crippen LogP) is 3.03. The van der Waals surface area contributed by atoms with Crippen molar-refractivity contribution < 1.29 is 14.3 Å². The van der Waals surface area contributed by atoms with Gasteiger partial charge >= 0.3 is 0 Å². The molecule has 1 aromatic heterocycles. The van der Waals surface area contributed by atoms with Crippen LogP contribution >= 0.6 is 0 Å². The summed E-state index contributed by atoms with van der Waals surface area (Å²) in [5.74, 6) is 1.57. The highest BCUT2D eigenvalue weighted by Crippen LogP contribution is 2.24. The van der Waals surface area contributed by atoms with E-state index in [1.807, 2.05) is 24.3 Å². The molecule has 3 N–H and O–H groups in total. The molecular formula is C22H33N3O3. The topological polar surface area (TPSA) is 79.0 Å². The van der Waals surface area contributed by atoms with Crippen LogP contribution in [0.25, 0.3) is 0 Å². The fourth-order valence-corrected chi connectivity index (χ4v) is 2.69. The number of rotatable bonds is 9. The smallest absolute Gasteiger partial charge is 0.191 e. The molecule has 2 aromatic rings. The summed E-state index contributed by atoms with van der Waals surface area (Å²) < 4.78 is 10.4. The Kier molecular flexibility index (Phi) is 8.54. The van der Waals surface area contributed by atoms with Gasteiger partial charge in [-0.2, -0.15) is 0 Å². The van der Waals surface area contributed by atoms with Crippen molar-refractivity contribution in [1.29, 1.82) is 0 Å². The van der Waals surface area contributed by atoms with Gasteiger partial charge < -0.3 is 24.9 Å². The monoisotopic (exact) mass is 387 g/mol. The third kappa shape index (κ3) is 7.37. The summed E-state index contributed by atoms with van der Waals surface area (Å²) in [4.78, 5) is 4.52. The van der Waals surface area contributed by atoms with Crippen molar-refractivity contribution in [2.45, 2.75) is 38.7 Å². The Hall–Kier alpha value is -2.31. The van der Waals surface area contributed by atoms with E-state index in [1.165, 1.54) is 5.56 Å². The molecule has 6 nitrogen and oxygen atoms in total. The van der Waals surface area contributed by atoms with Gasteiger partial charge in [-0.05, 0) is 28.7 Å². The Morgan fingerprint density at radius 1 is 1.14 bits per heavy atom. The van der Waals surface area contributed by atoms with Gasteiger partial charge in [-0.3, -0.25) is 4.99 Å². The average molecular weight is 388 g/mol. The van der Waals surface area contributed by atoms with E-state index in [0.29, 0.717) is 25.7 Å². The van der Waals surface area contributed by atoms with Crippen molar-refractivity contribution in [2.24, 2.45) is 4.99 Å². The summed E-state index contributed by atoms with van der Waals surface area (Å²) in [5, 5.41) is 17.0. The first-order valence-electron chi connectivity index (χ1n) is 9.72. The molecule has 0 aliphatic rings. The Labute approximate surface area is 168 Å². The lowest BCUT2D eigenvalue weighted by molar-refractivity contribution is 0.186. The summed E-state index contributed by atoms with van der Waals surface area (Å²) in [5.41, 5.74) is 2.20. The third-order valence-corrected chi connectivity index (χ3v) is 4.43. The number of hydrogen-bond donors (Lipinski definition) is 3. The molecule has 0 amide bonds. The highest BCUT2D eigenvalue weighted by molar-refractivity contribution is 5.79. The minimum atomic E-state index is -0.653. The van der Waals surface area contributed by atoms with Gasteiger partial charge in [-0.15, -0.1) is 0 Å². The van der Waals surface area contributed by atoms with Crippen LogP contribution in [0.2, 0.25) is 0 Å². The second kappa shape index (κ2) is 10.9. The molecule has 0 saturated carbocycles. The molecule has 28 heavy (non-hydrogen) atoms. The van der Waals surface area contributed by atoms with E-state index < -0.39 is 6.10 Å². The maximum atomic E-state index is 10.5. The highest BCUT2D eigenvalue weighted by Gasteiger charge is 2.14. The number of furan rings is 1. The number of nitrogens with zero attached hydrogens (tertiary/aromatic N) is 1. The lowest BCUT2D eigenvalue weighted by Crippen LogP contribution is -2.40. The van der Waals surface area contributed by atoms with Crippen LogP contribution < -0.4 is 10.6 Å². The molecule has 0 spiro atoms. The van der Waals surface area contributed by atoms with Gasteiger partial charge in [0.15, 0.2) is 5.96 Å². The van der Waals surface area contributed by atoms with Gasteiger partial charge in [0.2, 0.25) is 0 Å². The van der Waals surface area contributed by atoms with E-state index in [9.17, 15) is 5.11 Å². The first-order valence-corrected chi connectivity index (χ1v) is 9.72. The molecule has 0 aliphatic carbocycles. The SMILES string of the molecule is COCCNC(=NCC(O)c1ccc(C(C)(C)C)cc1)NCCc1ccco1. The van der Waals surface area contributed by atoms with Crippen molar-refractivity contribution in [2.75, 3.05) is 33.4 Å². The van der Waals surface area contributed by atoms with Crippen LogP contribution in [0.15, 0.2) is 52.1 Å². The number of benzene rings is 1. The summed E-state index contributed by atoms with van der Waals surface area (Å²) in [6.45, 7) is 8.70. The van der Waals surface area contributed by atoms with Crippen LogP contribution in [0.5, 0.6) is 0 Å². The van der Waals surface area contributed by atoms with E-state index in [0.717, 1.165) is 17.7 Å². The molecule has 0 saturated heterocycles. The standard InChI is InChI=1S/C22H33N3O3/c1-22(2,3)18-9-7-17(8-10-18)20(26)16-25-21(24-13-15-27-4)23-12-11-19-6-5-14-28-19/h5-10,14,20,26H,11-13,15-16H2,1-4H3,(H2,23,24,25). The number of nitrogens with one attached hydrogen (secondary N) is 2. The van der Waals surface area contributed by atoms with Crippen LogP contribution in [0, 0.1) is 0 Å². The number of aliphatic hydroxyl groups excluding tert-OH is 1. The van der Waals surface area contributed by atoms with E-state index in [4.69, 9.17) is 9.15 Å². The number of ether oxygens (including phenoxy) is 1. The number of hydrogen-bond acceptors (Lipinski definition) is 4. The number of methoxy groups -OCH3 is 1. The summed E-state index contributed by atoms with van der Waals surface area (Å²) in [6.07, 6.45) is 1.78. The maximum absolute atomic E-state index is 10.5. The molecule has 1 atom stereocenters. The van der Waals surface area contributed by atoms with Gasteiger partial charge in [0.25, 0.3) is 0 Å². The van der Waals surface area contributed by atoms with Crippen molar-refractivity contribution in [1.82, 2.24) is 10.6 Å². The molecular weight excluding hydrogens is 354 g/mol. The number of aliphatic hydroxyl groups is 1. The quantitative estimate of drug-likeness (QED) is 0.350. The van der Waals surface area contributed by atoms with E-state index in [2.05, 4.69) is 48.5 Å². The normalized spacial score (nSPS) is 13.4. The van der Waals surface area contributed by atoms with Gasteiger partial charge in [0, 0.05) is 26.6 Å². The molecule has 0 fully saturated rings. The van der Waals surface area contributed by atoms with Crippen molar-refractivity contribution in [3.63, 3.8) is 0 Å². The molecule has 1 heterocycles. The Morgan fingerprint density at radius 2 is 1.86 bits per heavy atom. The van der Waals surface area contributed by atoms with Crippen molar-refractivity contribution in [3.8, 4) is 0 Å². The van der Waals surface area contributed by atoms with Crippen LogP contribution in [0.1, 0.15) is 43.8 Å². The average Bonchev–Trinajstić information content (AvgIpc) is 3.18. The summed E-state index contributed by atoms with van der Waals surface area (Å²) >= 11 is 0. The van der Waals surface area contributed by atoms with E-state index in [-0.39, 0.29) is 12.0 Å². The third-order valence-electron chi connectivity index (χ3n) is 4.43. The summed E-state index contributed by atoms with van der Waals surface area (Å²) in [6, 6.07) is 11.9.